The van der Waals surface area contributed by atoms with Gasteiger partial charge in [-0.15, -0.1) is 11.3 Å². The van der Waals surface area contributed by atoms with Crippen molar-refractivity contribution in [1.82, 2.24) is 10.0 Å². The molecule has 108 valence electrons. The molecule has 0 unspecified atom stereocenters. The molecule has 0 fully saturated rings. The third-order valence-corrected chi connectivity index (χ3v) is 5.35. The van der Waals surface area contributed by atoms with Crippen LogP contribution < -0.4 is 10.0 Å². The summed E-state index contributed by atoms with van der Waals surface area (Å²) in [4.78, 5) is 1.14. The lowest BCUT2D eigenvalue weighted by Crippen LogP contribution is -2.23. The van der Waals surface area contributed by atoms with Crippen molar-refractivity contribution in [2.24, 2.45) is 0 Å². The second kappa shape index (κ2) is 6.69. The Morgan fingerprint density at radius 2 is 2.05 bits per heavy atom. The lowest BCUT2D eigenvalue weighted by molar-refractivity contribution is 0.582. The van der Waals surface area contributed by atoms with Gasteiger partial charge in [-0.05, 0) is 36.2 Å². The summed E-state index contributed by atoms with van der Waals surface area (Å²) in [5, 5.41) is 5.33. The molecule has 0 amide bonds. The predicted octanol–water partition coefficient (Wildman–Crippen LogP) is 2.60. The molecule has 0 aliphatic heterocycles. The molecule has 2 aromatic rings. The molecule has 1 heterocycles. The quantitative estimate of drug-likeness (QED) is 0.856. The SMILES string of the molecule is CNCc1ccc(S(=O)(=O)NCc2cccs2)cc1Cl. The average molecular weight is 331 g/mol. The van der Waals surface area contributed by atoms with Crippen LogP contribution in [0.4, 0.5) is 0 Å². The molecule has 2 N–H and O–H groups in total. The zero-order valence-electron chi connectivity index (χ0n) is 10.9. The van der Waals surface area contributed by atoms with Gasteiger partial charge in [0.2, 0.25) is 10.0 Å². The van der Waals surface area contributed by atoms with Crippen molar-refractivity contribution in [3.05, 3.63) is 51.2 Å². The van der Waals surface area contributed by atoms with E-state index < -0.39 is 10.0 Å². The van der Waals surface area contributed by atoms with Gasteiger partial charge in [-0.25, -0.2) is 13.1 Å². The average Bonchev–Trinajstić information content (AvgIpc) is 2.92. The molecule has 7 heteroatoms. The molecule has 0 atom stereocenters. The Bertz CT molecular complexity index is 670. The van der Waals surface area contributed by atoms with E-state index in [9.17, 15) is 8.42 Å². The Kier molecular flexibility index (Phi) is 5.17. The topological polar surface area (TPSA) is 58.2 Å². The molecule has 0 radical (unpaired) electrons. The van der Waals surface area contributed by atoms with E-state index in [1.54, 1.807) is 12.1 Å². The fourth-order valence-electron chi connectivity index (χ4n) is 1.69. The number of benzene rings is 1. The first-order valence-corrected chi connectivity index (χ1v) is 8.72. The molecule has 4 nitrogen and oxygen atoms in total. The van der Waals surface area contributed by atoms with Crippen LogP contribution in [0, 0.1) is 0 Å². The third kappa shape index (κ3) is 3.80. The highest BCUT2D eigenvalue weighted by molar-refractivity contribution is 7.89. The summed E-state index contributed by atoms with van der Waals surface area (Å²) >= 11 is 7.59. The molecule has 0 spiro atoms. The van der Waals surface area contributed by atoms with Gasteiger partial charge in [0.05, 0.1) is 4.90 Å². The molecule has 1 aromatic carbocycles. The van der Waals surface area contributed by atoms with Gasteiger partial charge in [-0.1, -0.05) is 23.7 Å². The number of sulfonamides is 1. The molecular formula is C13H15ClN2O2S2. The standard InChI is InChI=1S/C13H15ClN2O2S2/c1-15-8-10-4-5-12(7-13(10)14)20(17,18)16-9-11-3-2-6-19-11/h2-7,15-16H,8-9H2,1H3. The maximum Gasteiger partial charge on any atom is 0.240 e. The van der Waals surface area contributed by atoms with Crippen LogP contribution in [-0.2, 0) is 23.1 Å². The van der Waals surface area contributed by atoms with E-state index >= 15 is 0 Å². The van der Waals surface area contributed by atoms with Gasteiger partial charge in [-0.3, -0.25) is 0 Å². The number of rotatable bonds is 6. The Labute approximate surface area is 127 Å². The van der Waals surface area contributed by atoms with E-state index in [1.165, 1.54) is 17.4 Å². The normalized spacial score (nSPS) is 11.7. The largest absolute Gasteiger partial charge is 0.316 e. The molecular weight excluding hydrogens is 316 g/mol. The molecule has 0 bridgehead atoms. The molecule has 0 saturated heterocycles. The number of thiophene rings is 1. The predicted molar refractivity (Wildman–Crippen MR) is 82.6 cm³/mol. The zero-order chi connectivity index (χ0) is 14.6. The number of hydrogen-bond donors (Lipinski definition) is 2. The first-order chi connectivity index (χ1) is 9.53. The van der Waals surface area contributed by atoms with Crippen molar-refractivity contribution in [2.75, 3.05) is 7.05 Å². The molecule has 0 saturated carbocycles. The van der Waals surface area contributed by atoms with Gasteiger partial charge < -0.3 is 5.32 Å². The second-order valence-electron chi connectivity index (χ2n) is 4.19. The third-order valence-electron chi connectivity index (χ3n) is 2.72. The molecule has 2 rings (SSSR count). The van der Waals surface area contributed by atoms with Crippen LogP contribution in [-0.4, -0.2) is 15.5 Å². The summed E-state index contributed by atoms with van der Waals surface area (Å²) in [7, 11) is -1.73. The summed E-state index contributed by atoms with van der Waals surface area (Å²) < 4.78 is 26.9. The van der Waals surface area contributed by atoms with Gasteiger partial charge >= 0.3 is 0 Å². The lowest BCUT2D eigenvalue weighted by Gasteiger charge is -2.08. The van der Waals surface area contributed by atoms with Crippen LogP contribution in [0.15, 0.2) is 40.6 Å². The van der Waals surface area contributed by atoms with Crippen molar-refractivity contribution < 1.29 is 8.42 Å². The van der Waals surface area contributed by atoms with Crippen molar-refractivity contribution in [3.63, 3.8) is 0 Å². The van der Waals surface area contributed by atoms with Crippen LogP contribution in [0.2, 0.25) is 5.02 Å². The molecule has 20 heavy (non-hydrogen) atoms. The fraction of sp³-hybridized carbons (Fsp3) is 0.231. The van der Waals surface area contributed by atoms with E-state index in [1.807, 2.05) is 24.6 Å². The lowest BCUT2D eigenvalue weighted by atomic mass is 10.2. The summed E-state index contributed by atoms with van der Waals surface area (Å²) in [6, 6.07) is 8.53. The first-order valence-electron chi connectivity index (χ1n) is 5.98. The van der Waals surface area contributed by atoms with Gasteiger partial charge in [0.1, 0.15) is 0 Å². The van der Waals surface area contributed by atoms with Crippen molar-refractivity contribution in [3.8, 4) is 0 Å². The minimum atomic E-state index is -3.54. The van der Waals surface area contributed by atoms with E-state index in [0.717, 1.165) is 10.4 Å². The van der Waals surface area contributed by atoms with Crippen LogP contribution in [0.1, 0.15) is 10.4 Å². The highest BCUT2D eigenvalue weighted by Crippen LogP contribution is 2.21. The van der Waals surface area contributed by atoms with Crippen molar-refractivity contribution in [2.45, 2.75) is 18.0 Å². The molecule has 0 aliphatic carbocycles. The van der Waals surface area contributed by atoms with E-state index in [2.05, 4.69) is 10.0 Å². The number of nitrogens with one attached hydrogen (secondary N) is 2. The first kappa shape index (κ1) is 15.5. The van der Waals surface area contributed by atoms with Gasteiger partial charge in [-0.2, -0.15) is 0 Å². The monoisotopic (exact) mass is 330 g/mol. The Morgan fingerprint density at radius 3 is 2.65 bits per heavy atom. The minimum Gasteiger partial charge on any atom is -0.316 e. The Balaban J connectivity index is 2.14. The van der Waals surface area contributed by atoms with Crippen LogP contribution >= 0.6 is 22.9 Å². The Morgan fingerprint density at radius 1 is 1.25 bits per heavy atom. The van der Waals surface area contributed by atoms with Gasteiger partial charge in [0.15, 0.2) is 0 Å². The second-order valence-corrected chi connectivity index (χ2v) is 7.39. The fourth-order valence-corrected chi connectivity index (χ4v) is 3.77. The molecule has 1 aromatic heterocycles. The molecule has 0 aliphatic rings. The summed E-state index contributed by atoms with van der Waals surface area (Å²) in [6.45, 7) is 0.887. The van der Waals surface area contributed by atoms with Crippen molar-refractivity contribution in [1.29, 1.82) is 0 Å². The van der Waals surface area contributed by atoms with Gasteiger partial charge in [0, 0.05) is 23.0 Å². The van der Waals surface area contributed by atoms with E-state index in [0.29, 0.717) is 11.6 Å². The smallest absolute Gasteiger partial charge is 0.240 e. The highest BCUT2D eigenvalue weighted by Gasteiger charge is 2.15. The number of hydrogen-bond acceptors (Lipinski definition) is 4. The maximum atomic E-state index is 12.2. The van der Waals surface area contributed by atoms with Crippen LogP contribution in [0.3, 0.4) is 0 Å². The van der Waals surface area contributed by atoms with E-state index in [-0.39, 0.29) is 11.4 Å². The van der Waals surface area contributed by atoms with Crippen LogP contribution in [0.25, 0.3) is 0 Å². The summed E-state index contributed by atoms with van der Waals surface area (Å²) in [6.07, 6.45) is 0. The Hall–Kier alpha value is -0.920. The maximum absolute atomic E-state index is 12.2. The minimum absolute atomic E-state index is 0.180. The van der Waals surface area contributed by atoms with Gasteiger partial charge in [0.25, 0.3) is 0 Å². The summed E-state index contributed by atoms with van der Waals surface area (Å²) in [5.41, 5.74) is 0.867. The van der Waals surface area contributed by atoms with E-state index in [4.69, 9.17) is 11.6 Å². The summed E-state index contributed by atoms with van der Waals surface area (Å²) in [5.74, 6) is 0. The number of halogens is 1. The van der Waals surface area contributed by atoms with Crippen molar-refractivity contribution >= 4 is 33.0 Å². The highest BCUT2D eigenvalue weighted by atomic mass is 35.5. The zero-order valence-corrected chi connectivity index (χ0v) is 13.3. The van der Waals surface area contributed by atoms with Crippen LogP contribution in [0.5, 0.6) is 0 Å².